The Morgan fingerprint density at radius 2 is 1.84 bits per heavy atom. The molecule has 2 aromatic rings. The van der Waals surface area contributed by atoms with Crippen LogP contribution in [-0.2, 0) is 17.6 Å². The summed E-state index contributed by atoms with van der Waals surface area (Å²) in [4.78, 5) is 14.3. The number of amides is 1. The third kappa shape index (κ3) is 4.13. The topological polar surface area (TPSA) is 29.5 Å². The van der Waals surface area contributed by atoms with Crippen molar-refractivity contribution in [2.45, 2.75) is 31.7 Å². The number of nitrogens with zero attached hydrogens (tertiary/aromatic N) is 1. The van der Waals surface area contributed by atoms with Gasteiger partial charge < -0.3 is 9.64 Å². The molecule has 1 amide bonds. The second kappa shape index (κ2) is 6.78. The summed E-state index contributed by atoms with van der Waals surface area (Å²) in [5.41, 5.74) is 3.09. The maximum absolute atomic E-state index is 12.5. The number of likely N-dealkylation sites (N-methyl/N-ethyl adjacent to an activating group) is 1. The SMILES string of the molecule is CN(C(=O)Cc1ccc(OC(F)(F)F)cc1)[C@H]1CCc2ccccc21. The lowest BCUT2D eigenvalue weighted by Gasteiger charge is -2.25. The summed E-state index contributed by atoms with van der Waals surface area (Å²) >= 11 is 0. The van der Waals surface area contributed by atoms with Gasteiger partial charge in [0.15, 0.2) is 0 Å². The van der Waals surface area contributed by atoms with Crippen LogP contribution >= 0.6 is 0 Å². The summed E-state index contributed by atoms with van der Waals surface area (Å²) in [6.45, 7) is 0. The summed E-state index contributed by atoms with van der Waals surface area (Å²) < 4.78 is 40.3. The van der Waals surface area contributed by atoms with Crippen molar-refractivity contribution in [2.75, 3.05) is 7.05 Å². The van der Waals surface area contributed by atoms with E-state index in [1.807, 2.05) is 18.2 Å². The molecule has 0 aliphatic heterocycles. The van der Waals surface area contributed by atoms with Crippen LogP contribution in [0.5, 0.6) is 5.75 Å². The molecule has 1 aliphatic rings. The van der Waals surface area contributed by atoms with E-state index in [1.54, 1.807) is 11.9 Å². The number of alkyl halides is 3. The normalized spacial score (nSPS) is 16.4. The highest BCUT2D eigenvalue weighted by atomic mass is 19.4. The fraction of sp³-hybridized carbons (Fsp3) is 0.316. The maximum atomic E-state index is 12.5. The van der Waals surface area contributed by atoms with E-state index < -0.39 is 6.36 Å². The van der Waals surface area contributed by atoms with E-state index >= 15 is 0 Å². The molecule has 0 saturated carbocycles. The quantitative estimate of drug-likeness (QED) is 0.825. The molecule has 0 unspecified atom stereocenters. The van der Waals surface area contributed by atoms with Crippen molar-refractivity contribution in [1.29, 1.82) is 0 Å². The predicted molar refractivity (Wildman–Crippen MR) is 87.1 cm³/mol. The van der Waals surface area contributed by atoms with Crippen LogP contribution in [0.15, 0.2) is 48.5 Å². The molecule has 1 aliphatic carbocycles. The number of ether oxygens (including phenoxy) is 1. The molecule has 3 nitrogen and oxygen atoms in total. The van der Waals surface area contributed by atoms with Gasteiger partial charge in [0.25, 0.3) is 0 Å². The Kier molecular flexibility index (Phi) is 4.70. The summed E-state index contributed by atoms with van der Waals surface area (Å²) in [6.07, 6.45) is -2.74. The Hall–Kier alpha value is -2.50. The molecule has 0 radical (unpaired) electrons. The van der Waals surface area contributed by atoms with Crippen LogP contribution in [0, 0.1) is 0 Å². The lowest BCUT2D eigenvalue weighted by atomic mass is 10.1. The van der Waals surface area contributed by atoms with Gasteiger partial charge in [-0.3, -0.25) is 4.79 Å². The number of halogens is 3. The van der Waals surface area contributed by atoms with Gasteiger partial charge in [-0.05, 0) is 41.7 Å². The lowest BCUT2D eigenvalue weighted by molar-refractivity contribution is -0.274. The van der Waals surface area contributed by atoms with Crippen LogP contribution in [0.3, 0.4) is 0 Å². The van der Waals surface area contributed by atoms with Gasteiger partial charge in [-0.2, -0.15) is 0 Å². The Morgan fingerprint density at radius 1 is 1.16 bits per heavy atom. The van der Waals surface area contributed by atoms with Crippen LogP contribution in [0.1, 0.15) is 29.2 Å². The number of hydrogen-bond donors (Lipinski definition) is 0. The Bertz CT molecular complexity index is 756. The van der Waals surface area contributed by atoms with Gasteiger partial charge in [0.05, 0.1) is 12.5 Å². The molecule has 6 heteroatoms. The average molecular weight is 349 g/mol. The first-order chi connectivity index (χ1) is 11.8. The van der Waals surface area contributed by atoms with Gasteiger partial charge in [-0.1, -0.05) is 36.4 Å². The summed E-state index contributed by atoms with van der Waals surface area (Å²) in [5, 5.41) is 0. The lowest BCUT2D eigenvalue weighted by Crippen LogP contribution is -2.31. The molecule has 0 fully saturated rings. The first-order valence-corrected chi connectivity index (χ1v) is 8.01. The van der Waals surface area contributed by atoms with Crippen LogP contribution in [0.2, 0.25) is 0 Å². The number of hydrogen-bond acceptors (Lipinski definition) is 2. The smallest absolute Gasteiger partial charge is 0.406 e. The van der Waals surface area contributed by atoms with Crippen molar-refractivity contribution < 1.29 is 22.7 Å². The predicted octanol–water partition coefficient (Wildman–Crippen LogP) is 4.27. The molecule has 0 saturated heterocycles. The minimum Gasteiger partial charge on any atom is -0.406 e. The van der Waals surface area contributed by atoms with Gasteiger partial charge >= 0.3 is 6.36 Å². The van der Waals surface area contributed by atoms with E-state index in [1.165, 1.54) is 35.4 Å². The maximum Gasteiger partial charge on any atom is 0.573 e. The number of carbonyl (C=O) groups excluding carboxylic acids is 1. The van der Waals surface area contributed by atoms with Crippen molar-refractivity contribution in [3.8, 4) is 5.75 Å². The van der Waals surface area contributed by atoms with Gasteiger partial charge in [0, 0.05) is 7.05 Å². The molecule has 0 bridgehead atoms. The summed E-state index contributed by atoms with van der Waals surface area (Å²) in [7, 11) is 1.77. The van der Waals surface area contributed by atoms with E-state index in [0.717, 1.165) is 12.8 Å². The number of rotatable bonds is 4. The van der Waals surface area contributed by atoms with Crippen LogP contribution in [0.25, 0.3) is 0 Å². The Morgan fingerprint density at radius 3 is 2.52 bits per heavy atom. The minimum atomic E-state index is -4.71. The molecule has 3 rings (SSSR count). The van der Waals surface area contributed by atoms with Crippen molar-refractivity contribution in [3.05, 3.63) is 65.2 Å². The third-order valence-corrected chi connectivity index (χ3v) is 4.47. The van der Waals surface area contributed by atoms with E-state index in [9.17, 15) is 18.0 Å². The third-order valence-electron chi connectivity index (χ3n) is 4.47. The van der Waals surface area contributed by atoms with E-state index in [4.69, 9.17) is 0 Å². The standard InChI is InChI=1S/C19H18F3NO2/c1-23(17-11-8-14-4-2-3-5-16(14)17)18(24)12-13-6-9-15(10-7-13)25-19(20,21)22/h2-7,9-10,17H,8,11-12H2,1H3/t17-/m0/s1. The molecule has 132 valence electrons. The number of aryl methyl sites for hydroxylation is 1. The molecule has 0 heterocycles. The number of carbonyl (C=O) groups is 1. The largest absolute Gasteiger partial charge is 0.573 e. The summed E-state index contributed by atoms with van der Waals surface area (Å²) in [6, 6.07) is 13.5. The van der Waals surface area contributed by atoms with Crippen molar-refractivity contribution in [2.24, 2.45) is 0 Å². The molecule has 0 N–H and O–H groups in total. The zero-order chi connectivity index (χ0) is 18.0. The number of fused-ring (bicyclic) bond motifs is 1. The fourth-order valence-electron chi connectivity index (χ4n) is 3.22. The van der Waals surface area contributed by atoms with Gasteiger partial charge in [0.1, 0.15) is 5.75 Å². The monoisotopic (exact) mass is 349 g/mol. The van der Waals surface area contributed by atoms with Gasteiger partial charge in [-0.25, -0.2) is 0 Å². The van der Waals surface area contributed by atoms with Crippen molar-refractivity contribution in [1.82, 2.24) is 4.90 Å². The Labute approximate surface area is 144 Å². The fourth-order valence-corrected chi connectivity index (χ4v) is 3.22. The highest BCUT2D eigenvalue weighted by molar-refractivity contribution is 5.79. The average Bonchev–Trinajstić information content (AvgIpc) is 2.98. The second-order valence-corrected chi connectivity index (χ2v) is 6.13. The highest BCUT2D eigenvalue weighted by Crippen LogP contribution is 2.35. The molecular weight excluding hydrogens is 331 g/mol. The molecule has 0 aromatic heterocycles. The van der Waals surface area contributed by atoms with Crippen molar-refractivity contribution >= 4 is 5.91 Å². The molecule has 2 aromatic carbocycles. The first-order valence-electron chi connectivity index (χ1n) is 8.01. The Balaban J connectivity index is 1.64. The van der Waals surface area contributed by atoms with Crippen molar-refractivity contribution in [3.63, 3.8) is 0 Å². The minimum absolute atomic E-state index is 0.0523. The first kappa shape index (κ1) is 17.3. The highest BCUT2D eigenvalue weighted by Gasteiger charge is 2.31. The van der Waals surface area contributed by atoms with Gasteiger partial charge in [0.2, 0.25) is 5.91 Å². The molecule has 1 atom stereocenters. The zero-order valence-corrected chi connectivity index (χ0v) is 13.7. The molecule has 0 spiro atoms. The van der Waals surface area contributed by atoms with E-state index in [-0.39, 0.29) is 24.1 Å². The number of benzene rings is 2. The van der Waals surface area contributed by atoms with Crippen LogP contribution in [0.4, 0.5) is 13.2 Å². The summed E-state index contributed by atoms with van der Waals surface area (Å²) in [5.74, 6) is -0.354. The van der Waals surface area contributed by atoms with E-state index in [2.05, 4.69) is 10.8 Å². The van der Waals surface area contributed by atoms with Crippen LogP contribution < -0.4 is 4.74 Å². The van der Waals surface area contributed by atoms with E-state index in [0.29, 0.717) is 5.56 Å². The van der Waals surface area contributed by atoms with Crippen LogP contribution in [-0.4, -0.2) is 24.2 Å². The zero-order valence-electron chi connectivity index (χ0n) is 13.7. The second-order valence-electron chi connectivity index (χ2n) is 6.13. The molecular formula is C19H18F3NO2. The molecule has 25 heavy (non-hydrogen) atoms. The van der Waals surface area contributed by atoms with Gasteiger partial charge in [-0.15, -0.1) is 13.2 Å².